The van der Waals surface area contributed by atoms with E-state index in [2.05, 4.69) is 10.1 Å². The lowest BCUT2D eigenvalue weighted by Crippen LogP contribution is -2.36. The van der Waals surface area contributed by atoms with E-state index >= 15 is 0 Å². The standard InChI is InChI=1S/C14H16ClN3O3/c1-19-14(2-4-20-5-3-14)13-17-12(21-18-13)9-6-10(15)8-11(16)7-9/h6-8H,2-5,16H2,1H3. The fourth-order valence-electron chi connectivity index (χ4n) is 2.48. The van der Waals surface area contributed by atoms with Crippen molar-refractivity contribution in [3.05, 3.63) is 29.0 Å². The third-order valence-electron chi connectivity index (χ3n) is 3.69. The Kier molecular flexibility index (Phi) is 3.84. The minimum atomic E-state index is -0.551. The Morgan fingerprint density at radius 1 is 1.29 bits per heavy atom. The summed E-state index contributed by atoms with van der Waals surface area (Å²) in [4.78, 5) is 4.46. The van der Waals surface area contributed by atoms with E-state index in [0.29, 0.717) is 54.0 Å². The van der Waals surface area contributed by atoms with Gasteiger partial charge in [0.15, 0.2) is 0 Å². The number of nitrogens with zero attached hydrogens (tertiary/aromatic N) is 2. The average Bonchev–Trinajstić information content (AvgIpc) is 2.97. The predicted molar refractivity (Wildman–Crippen MR) is 77.9 cm³/mol. The van der Waals surface area contributed by atoms with Gasteiger partial charge in [-0.2, -0.15) is 4.98 Å². The van der Waals surface area contributed by atoms with E-state index < -0.39 is 5.60 Å². The van der Waals surface area contributed by atoms with Crippen LogP contribution in [0.5, 0.6) is 0 Å². The molecule has 3 rings (SSSR count). The lowest BCUT2D eigenvalue weighted by molar-refractivity contribution is -0.101. The van der Waals surface area contributed by atoms with Crippen LogP contribution in [0, 0.1) is 0 Å². The number of ether oxygens (including phenoxy) is 2. The van der Waals surface area contributed by atoms with E-state index in [1.165, 1.54) is 0 Å². The monoisotopic (exact) mass is 309 g/mol. The molecular formula is C14H16ClN3O3. The van der Waals surface area contributed by atoms with Crippen LogP contribution in [0.25, 0.3) is 11.5 Å². The molecule has 1 saturated heterocycles. The third-order valence-corrected chi connectivity index (χ3v) is 3.91. The second kappa shape index (κ2) is 5.63. The number of hydrogen-bond donors (Lipinski definition) is 1. The highest BCUT2D eigenvalue weighted by atomic mass is 35.5. The molecule has 0 unspecified atom stereocenters. The van der Waals surface area contributed by atoms with Crippen LogP contribution in [0.15, 0.2) is 22.7 Å². The van der Waals surface area contributed by atoms with Crippen LogP contribution in [-0.4, -0.2) is 30.5 Å². The lowest BCUT2D eigenvalue weighted by Gasteiger charge is -2.32. The van der Waals surface area contributed by atoms with E-state index in [4.69, 9.17) is 31.3 Å². The topological polar surface area (TPSA) is 83.4 Å². The van der Waals surface area contributed by atoms with Crippen molar-refractivity contribution in [3.63, 3.8) is 0 Å². The number of nitrogen functional groups attached to an aromatic ring is 1. The van der Waals surface area contributed by atoms with Crippen molar-refractivity contribution >= 4 is 17.3 Å². The van der Waals surface area contributed by atoms with Gasteiger partial charge >= 0.3 is 0 Å². The molecule has 0 atom stereocenters. The Bertz CT molecular complexity index is 618. The summed E-state index contributed by atoms with van der Waals surface area (Å²) in [6, 6.07) is 5.14. The second-order valence-electron chi connectivity index (χ2n) is 5.01. The van der Waals surface area contributed by atoms with Crippen LogP contribution < -0.4 is 5.73 Å². The number of anilines is 1. The van der Waals surface area contributed by atoms with Gasteiger partial charge in [0.25, 0.3) is 5.89 Å². The summed E-state index contributed by atoms with van der Waals surface area (Å²) in [7, 11) is 1.65. The normalized spacial score (nSPS) is 17.8. The fraction of sp³-hybridized carbons (Fsp3) is 0.429. The molecule has 21 heavy (non-hydrogen) atoms. The number of benzene rings is 1. The van der Waals surface area contributed by atoms with E-state index in [1.54, 1.807) is 25.3 Å². The zero-order chi connectivity index (χ0) is 14.9. The zero-order valence-corrected chi connectivity index (χ0v) is 12.4. The minimum Gasteiger partial charge on any atom is -0.399 e. The quantitative estimate of drug-likeness (QED) is 0.877. The van der Waals surface area contributed by atoms with Gasteiger partial charge in [-0.1, -0.05) is 16.8 Å². The zero-order valence-electron chi connectivity index (χ0n) is 11.6. The molecule has 0 aliphatic carbocycles. The molecule has 7 heteroatoms. The number of rotatable bonds is 3. The Morgan fingerprint density at radius 2 is 2.05 bits per heavy atom. The van der Waals surface area contributed by atoms with Gasteiger partial charge < -0.3 is 19.7 Å². The summed E-state index contributed by atoms with van der Waals surface area (Å²) >= 11 is 6.00. The van der Waals surface area contributed by atoms with E-state index in [-0.39, 0.29) is 0 Å². The Balaban J connectivity index is 1.95. The highest BCUT2D eigenvalue weighted by molar-refractivity contribution is 6.31. The first-order valence-corrected chi connectivity index (χ1v) is 7.04. The first kappa shape index (κ1) is 14.3. The molecule has 1 fully saturated rings. The molecule has 1 aromatic heterocycles. The molecule has 2 heterocycles. The maximum absolute atomic E-state index is 6.00. The Labute approximate surface area is 127 Å². The maximum Gasteiger partial charge on any atom is 0.258 e. The molecule has 0 spiro atoms. The molecule has 112 valence electrons. The van der Waals surface area contributed by atoms with Crippen molar-refractivity contribution in [3.8, 4) is 11.5 Å². The van der Waals surface area contributed by atoms with Crippen LogP contribution in [0.3, 0.4) is 0 Å². The van der Waals surface area contributed by atoms with Crippen molar-refractivity contribution in [2.75, 3.05) is 26.1 Å². The van der Waals surface area contributed by atoms with Crippen LogP contribution in [0.2, 0.25) is 5.02 Å². The van der Waals surface area contributed by atoms with Crippen LogP contribution >= 0.6 is 11.6 Å². The van der Waals surface area contributed by atoms with Crippen molar-refractivity contribution < 1.29 is 14.0 Å². The van der Waals surface area contributed by atoms with Crippen LogP contribution in [-0.2, 0) is 15.1 Å². The maximum atomic E-state index is 6.00. The van der Waals surface area contributed by atoms with Crippen LogP contribution in [0.4, 0.5) is 5.69 Å². The van der Waals surface area contributed by atoms with Crippen molar-refractivity contribution in [1.82, 2.24) is 10.1 Å². The van der Waals surface area contributed by atoms with Crippen LogP contribution in [0.1, 0.15) is 18.7 Å². The van der Waals surface area contributed by atoms with Gasteiger partial charge in [0, 0.05) is 49.4 Å². The Hall–Kier alpha value is -1.63. The van der Waals surface area contributed by atoms with E-state index in [9.17, 15) is 0 Å². The van der Waals surface area contributed by atoms with Crippen molar-refractivity contribution in [2.45, 2.75) is 18.4 Å². The van der Waals surface area contributed by atoms with Gasteiger partial charge in [0.05, 0.1) is 0 Å². The summed E-state index contributed by atoms with van der Waals surface area (Å²) < 4.78 is 16.4. The molecule has 1 aliphatic rings. The third kappa shape index (κ3) is 2.74. The minimum absolute atomic E-state index is 0.377. The number of aromatic nitrogens is 2. The van der Waals surface area contributed by atoms with Crippen molar-refractivity contribution in [1.29, 1.82) is 0 Å². The summed E-state index contributed by atoms with van der Waals surface area (Å²) in [6.45, 7) is 1.23. The number of methoxy groups -OCH3 is 1. The van der Waals surface area contributed by atoms with E-state index in [0.717, 1.165) is 0 Å². The lowest BCUT2D eigenvalue weighted by atomic mass is 9.93. The summed E-state index contributed by atoms with van der Waals surface area (Å²) in [5.74, 6) is 0.906. The average molecular weight is 310 g/mol. The fourth-order valence-corrected chi connectivity index (χ4v) is 2.73. The molecular weight excluding hydrogens is 294 g/mol. The van der Waals surface area contributed by atoms with Gasteiger partial charge in [-0.3, -0.25) is 0 Å². The smallest absolute Gasteiger partial charge is 0.258 e. The number of halogens is 1. The first-order chi connectivity index (χ1) is 10.1. The van der Waals surface area contributed by atoms with Gasteiger partial charge in [0.2, 0.25) is 5.82 Å². The summed E-state index contributed by atoms with van der Waals surface area (Å²) in [5, 5.41) is 4.59. The summed E-state index contributed by atoms with van der Waals surface area (Å²) in [5.41, 5.74) is 6.47. The molecule has 0 saturated carbocycles. The number of nitrogens with two attached hydrogens (primary N) is 1. The van der Waals surface area contributed by atoms with Gasteiger partial charge in [0.1, 0.15) is 5.60 Å². The van der Waals surface area contributed by atoms with Gasteiger partial charge in [-0.05, 0) is 18.2 Å². The first-order valence-electron chi connectivity index (χ1n) is 6.66. The Morgan fingerprint density at radius 3 is 2.71 bits per heavy atom. The second-order valence-corrected chi connectivity index (χ2v) is 5.44. The molecule has 1 aromatic carbocycles. The SMILES string of the molecule is COC1(c2noc(-c3cc(N)cc(Cl)c3)n2)CCOCC1. The van der Waals surface area contributed by atoms with Crippen molar-refractivity contribution in [2.24, 2.45) is 0 Å². The molecule has 1 aliphatic heterocycles. The van der Waals surface area contributed by atoms with Gasteiger partial charge in [-0.25, -0.2) is 0 Å². The van der Waals surface area contributed by atoms with E-state index in [1.807, 2.05) is 0 Å². The molecule has 2 N–H and O–H groups in total. The largest absolute Gasteiger partial charge is 0.399 e. The molecule has 0 amide bonds. The molecule has 0 bridgehead atoms. The molecule has 6 nitrogen and oxygen atoms in total. The predicted octanol–water partition coefficient (Wildman–Crippen LogP) is 2.62. The highest BCUT2D eigenvalue weighted by Gasteiger charge is 2.39. The molecule has 0 radical (unpaired) electrons. The molecule has 2 aromatic rings. The van der Waals surface area contributed by atoms with Gasteiger partial charge in [-0.15, -0.1) is 0 Å². The summed E-state index contributed by atoms with van der Waals surface area (Å²) in [6.07, 6.45) is 1.39. The highest BCUT2D eigenvalue weighted by Crippen LogP contribution is 2.35. The number of hydrogen-bond acceptors (Lipinski definition) is 6.